The van der Waals surface area contributed by atoms with Gasteiger partial charge in [0.2, 0.25) is 5.91 Å². The summed E-state index contributed by atoms with van der Waals surface area (Å²) in [6, 6.07) is 50.1. The number of halogens is 1. The Hall–Kier alpha value is -4.24. The summed E-state index contributed by atoms with van der Waals surface area (Å²) >= 11 is 1.58. The molecule has 9 heteroatoms. The molecule has 2 aliphatic heterocycles. The summed E-state index contributed by atoms with van der Waals surface area (Å²) in [5, 5.41) is 5.93. The molecule has 7 rings (SSSR count). The Morgan fingerprint density at radius 2 is 1.16 bits per heavy atom. The molecule has 0 aliphatic carbocycles. The van der Waals surface area contributed by atoms with Crippen LogP contribution >= 0.6 is 19.0 Å². The lowest BCUT2D eigenvalue weighted by Gasteiger charge is -2.50. The standard InChI is InChI=1S/C41H35N2O4PS.HI/c1-29(44)42-36-39(45)43-37(41(46)47-38(30-17-7-2-8-18-30)31-19-9-3-10-20-31)32(28-49-40(36)43)27-48(33-21-11-4-12-22-33,34-23-13-5-14-24-34)35-25-15-6-16-26-35;/h2-26,36,38,40H,27-28H2,1H3;1H/t36?,40-;/m0./s1. The van der Waals surface area contributed by atoms with Crippen LogP contribution in [0.4, 0.5) is 0 Å². The number of carbonyl (C=O) groups excluding carboxylic acids is 3. The number of rotatable bonds is 10. The van der Waals surface area contributed by atoms with Gasteiger partial charge in [-0.15, -0.1) is 11.8 Å². The number of fused-ring (bicyclic) bond motifs is 1. The highest BCUT2D eigenvalue weighted by molar-refractivity contribution is 8.00. The van der Waals surface area contributed by atoms with Crippen LogP contribution in [0, 0.1) is 0 Å². The number of ether oxygens (including phenoxy) is 1. The molecule has 2 heterocycles. The van der Waals surface area contributed by atoms with Gasteiger partial charge in [0.25, 0.3) is 5.91 Å². The third-order valence-electron chi connectivity index (χ3n) is 9.05. The minimum atomic E-state index is -2.42. The Bertz CT molecular complexity index is 1850. The van der Waals surface area contributed by atoms with Gasteiger partial charge in [0.05, 0.1) is 6.16 Å². The number of esters is 1. The van der Waals surface area contributed by atoms with Crippen molar-refractivity contribution >= 4 is 52.7 Å². The van der Waals surface area contributed by atoms with E-state index in [4.69, 9.17) is 4.74 Å². The largest absolute Gasteiger partial charge is 1.00 e. The van der Waals surface area contributed by atoms with Crippen LogP contribution in [-0.2, 0) is 19.1 Å². The van der Waals surface area contributed by atoms with Crippen molar-refractivity contribution in [2.75, 3.05) is 11.9 Å². The number of nitrogens with zero attached hydrogens (tertiary/aromatic N) is 1. The zero-order valence-electron chi connectivity index (χ0n) is 27.4. The van der Waals surface area contributed by atoms with Gasteiger partial charge in [-0.3, -0.25) is 14.5 Å². The van der Waals surface area contributed by atoms with E-state index in [0.717, 1.165) is 16.7 Å². The van der Waals surface area contributed by atoms with E-state index in [0.29, 0.717) is 11.9 Å². The minimum absolute atomic E-state index is 0. The van der Waals surface area contributed by atoms with Crippen LogP contribution in [0.2, 0.25) is 0 Å². The van der Waals surface area contributed by atoms with Gasteiger partial charge in [0.1, 0.15) is 40.3 Å². The lowest BCUT2D eigenvalue weighted by atomic mass is 10.0. The molecule has 1 unspecified atom stereocenters. The number of carbonyl (C=O) groups is 3. The van der Waals surface area contributed by atoms with E-state index in [-0.39, 0.29) is 41.5 Å². The summed E-state index contributed by atoms with van der Waals surface area (Å²) < 4.78 is 6.47. The summed E-state index contributed by atoms with van der Waals surface area (Å²) in [6.07, 6.45) is -0.151. The number of amides is 2. The third-order valence-corrected chi connectivity index (χ3v) is 14.8. The van der Waals surface area contributed by atoms with Gasteiger partial charge < -0.3 is 34.0 Å². The Morgan fingerprint density at radius 3 is 1.58 bits per heavy atom. The first kappa shape index (κ1) is 35.6. The normalized spacial score (nSPS) is 16.9. The highest BCUT2D eigenvalue weighted by Crippen LogP contribution is 2.58. The van der Waals surface area contributed by atoms with E-state index in [1.807, 2.05) is 78.9 Å². The molecular formula is C41H36IN2O4PS. The SMILES string of the molecule is CC(=O)NC1C(=O)N2C(C(=O)OC(c3ccccc3)c3ccccc3)=C(C[P+](c3ccccc3)(c3ccccc3)c3ccccc3)CS[C@@H]12.[I-]. The van der Waals surface area contributed by atoms with Crippen molar-refractivity contribution in [1.82, 2.24) is 10.2 Å². The molecule has 1 fully saturated rings. The Balaban J connectivity index is 0.00000432. The minimum Gasteiger partial charge on any atom is -1.00 e. The van der Waals surface area contributed by atoms with Crippen molar-refractivity contribution in [3.05, 3.63) is 174 Å². The van der Waals surface area contributed by atoms with Crippen LogP contribution < -0.4 is 45.2 Å². The van der Waals surface area contributed by atoms with E-state index >= 15 is 0 Å². The fourth-order valence-corrected chi connectivity index (χ4v) is 12.6. The molecule has 0 saturated carbocycles. The number of nitrogens with one attached hydrogen (secondary N) is 1. The van der Waals surface area contributed by atoms with Crippen molar-refractivity contribution in [3.8, 4) is 0 Å². The first-order valence-corrected chi connectivity index (χ1v) is 19.3. The first-order valence-electron chi connectivity index (χ1n) is 16.3. The zero-order valence-corrected chi connectivity index (χ0v) is 31.3. The molecule has 5 aromatic carbocycles. The van der Waals surface area contributed by atoms with Crippen molar-refractivity contribution < 1.29 is 43.1 Å². The number of β-lactam (4-membered cyclic amide) rings is 1. The maximum Gasteiger partial charge on any atom is 0.356 e. The molecule has 0 bridgehead atoms. The topological polar surface area (TPSA) is 75.7 Å². The van der Waals surface area contributed by atoms with Crippen molar-refractivity contribution in [2.45, 2.75) is 24.4 Å². The lowest BCUT2D eigenvalue weighted by Crippen LogP contribution is -3.00. The van der Waals surface area contributed by atoms with Gasteiger partial charge in [-0.05, 0) is 47.5 Å². The van der Waals surface area contributed by atoms with Crippen molar-refractivity contribution in [2.24, 2.45) is 0 Å². The quantitative estimate of drug-likeness (QED) is 0.102. The highest BCUT2D eigenvalue weighted by atomic mass is 127. The average molecular weight is 811 g/mol. The van der Waals surface area contributed by atoms with Crippen LogP contribution in [0.25, 0.3) is 0 Å². The van der Waals surface area contributed by atoms with Crippen LogP contribution in [0.3, 0.4) is 0 Å². The fraction of sp³-hybridized carbons (Fsp3) is 0.146. The summed E-state index contributed by atoms with van der Waals surface area (Å²) in [5.74, 6) is -0.645. The molecule has 2 atom stereocenters. The van der Waals surface area contributed by atoms with Crippen LogP contribution in [0.1, 0.15) is 24.2 Å². The molecule has 1 saturated heterocycles. The Kier molecular flexibility index (Phi) is 11.2. The summed E-state index contributed by atoms with van der Waals surface area (Å²) in [6.45, 7) is 1.41. The maximum atomic E-state index is 14.8. The van der Waals surface area contributed by atoms with Gasteiger partial charge in [-0.25, -0.2) is 4.79 Å². The number of thioether (sulfide) groups is 1. The zero-order chi connectivity index (χ0) is 33.8. The molecule has 0 spiro atoms. The Morgan fingerprint density at radius 1 is 0.740 bits per heavy atom. The number of hydrogen-bond acceptors (Lipinski definition) is 5. The average Bonchev–Trinajstić information content (AvgIpc) is 3.16. The van der Waals surface area contributed by atoms with E-state index in [2.05, 4.69) is 78.1 Å². The molecule has 2 aliphatic rings. The van der Waals surface area contributed by atoms with Crippen LogP contribution in [0.15, 0.2) is 163 Å². The molecule has 0 aromatic heterocycles. The van der Waals surface area contributed by atoms with E-state index in [1.54, 1.807) is 16.7 Å². The first-order chi connectivity index (χ1) is 24.0. The molecule has 5 aromatic rings. The Labute approximate surface area is 314 Å². The fourth-order valence-electron chi connectivity index (χ4n) is 6.81. The van der Waals surface area contributed by atoms with Crippen LogP contribution in [0.5, 0.6) is 0 Å². The second kappa shape index (κ2) is 15.8. The van der Waals surface area contributed by atoms with Gasteiger partial charge in [-0.2, -0.15) is 0 Å². The van der Waals surface area contributed by atoms with E-state index in [9.17, 15) is 14.4 Å². The molecule has 2 amide bonds. The molecule has 50 heavy (non-hydrogen) atoms. The van der Waals surface area contributed by atoms with Crippen molar-refractivity contribution in [1.29, 1.82) is 0 Å². The molecule has 1 N–H and O–H groups in total. The number of hydrogen-bond donors (Lipinski definition) is 1. The van der Waals surface area contributed by atoms with Gasteiger partial charge in [-0.1, -0.05) is 115 Å². The molecular weight excluding hydrogens is 774 g/mol. The summed E-state index contributed by atoms with van der Waals surface area (Å²) in [4.78, 5) is 42.3. The second-order valence-electron chi connectivity index (χ2n) is 12.1. The summed E-state index contributed by atoms with van der Waals surface area (Å²) in [5.41, 5.74) is 2.79. The smallest absolute Gasteiger partial charge is 0.356 e. The van der Waals surface area contributed by atoms with Crippen molar-refractivity contribution in [3.63, 3.8) is 0 Å². The lowest BCUT2D eigenvalue weighted by molar-refractivity contribution is -0.154. The predicted molar refractivity (Wildman–Crippen MR) is 199 cm³/mol. The maximum absolute atomic E-state index is 14.8. The van der Waals surface area contributed by atoms with E-state index in [1.165, 1.54) is 22.8 Å². The molecule has 6 nitrogen and oxygen atoms in total. The third kappa shape index (κ3) is 6.89. The molecule has 252 valence electrons. The van der Waals surface area contributed by atoms with Gasteiger partial charge in [0, 0.05) is 18.2 Å². The highest BCUT2D eigenvalue weighted by Gasteiger charge is 2.56. The number of benzene rings is 5. The monoisotopic (exact) mass is 810 g/mol. The van der Waals surface area contributed by atoms with Gasteiger partial charge >= 0.3 is 5.97 Å². The molecule has 0 radical (unpaired) electrons. The van der Waals surface area contributed by atoms with Crippen LogP contribution in [-0.4, -0.2) is 46.0 Å². The summed E-state index contributed by atoms with van der Waals surface area (Å²) in [7, 11) is -2.42. The second-order valence-corrected chi connectivity index (χ2v) is 16.7. The van der Waals surface area contributed by atoms with Gasteiger partial charge in [0.15, 0.2) is 6.10 Å². The van der Waals surface area contributed by atoms with E-state index < -0.39 is 30.8 Å². The predicted octanol–water partition coefficient (Wildman–Crippen LogP) is 2.99.